The average molecular weight is 445 g/mol. The van der Waals surface area contributed by atoms with Crippen LogP contribution in [0.5, 0.6) is 5.88 Å². The van der Waals surface area contributed by atoms with E-state index >= 15 is 0 Å². The second kappa shape index (κ2) is 9.80. The lowest BCUT2D eigenvalue weighted by Crippen LogP contribution is -2.41. The van der Waals surface area contributed by atoms with Crippen molar-refractivity contribution in [3.05, 3.63) is 53.0 Å². The Balaban J connectivity index is 1.95. The predicted molar refractivity (Wildman–Crippen MR) is 99.9 cm³/mol. The van der Waals surface area contributed by atoms with E-state index in [1.54, 1.807) is 19.9 Å². The molecule has 168 valence electrons. The maximum absolute atomic E-state index is 12.9. The molecule has 1 N–H and O–H groups in total. The maximum Gasteiger partial charge on any atom is 0.456 e. The molecule has 0 aliphatic carbocycles. The van der Waals surface area contributed by atoms with Crippen LogP contribution in [-0.4, -0.2) is 40.4 Å². The first-order valence-electron chi connectivity index (χ1n) is 9.21. The number of ether oxygens (including phenoxy) is 1. The standard InChI is InChI=1S/C20H20F5N3O3/c1-3-16(29)8-15-7-14(6-12(2)28-15)18(30)27-10-13-4-5-17(26-9-13)31-11-19(21,22)20(23,24)25/h4-7,9H,3,8,10-11H2,1-2H3,(H,27,30). The molecule has 0 aromatic carbocycles. The number of hydrogen-bond acceptors (Lipinski definition) is 5. The number of aromatic nitrogens is 2. The maximum atomic E-state index is 12.9. The molecular weight excluding hydrogens is 425 g/mol. The fourth-order valence-electron chi connectivity index (χ4n) is 2.42. The summed E-state index contributed by atoms with van der Waals surface area (Å²) in [5.41, 5.74) is 1.84. The second-order valence-corrected chi connectivity index (χ2v) is 6.74. The molecule has 6 nitrogen and oxygen atoms in total. The third-order valence-corrected chi connectivity index (χ3v) is 4.11. The van der Waals surface area contributed by atoms with Crippen LogP contribution >= 0.6 is 0 Å². The van der Waals surface area contributed by atoms with Crippen molar-refractivity contribution in [3.63, 3.8) is 0 Å². The summed E-state index contributed by atoms with van der Waals surface area (Å²) in [5, 5.41) is 2.63. The van der Waals surface area contributed by atoms with Gasteiger partial charge < -0.3 is 10.1 Å². The lowest BCUT2D eigenvalue weighted by atomic mass is 10.1. The van der Waals surface area contributed by atoms with Crippen LogP contribution in [0, 0.1) is 6.92 Å². The minimum Gasteiger partial charge on any atom is -0.471 e. The number of ketones is 1. The molecule has 31 heavy (non-hydrogen) atoms. The van der Waals surface area contributed by atoms with Crippen LogP contribution in [0.2, 0.25) is 0 Å². The molecule has 0 radical (unpaired) electrons. The van der Waals surface area contributed by atoms with Crippen LogP contribution in [0.25, 0.3) is 0 Å². The van der Waals surface area contributed by atoms with Crippen LogP contribution in [0.4, 0.5) is 22.0 Å². The number of nitrogens with one attached hydrogen (secondary N) is 1. The molecule has 0 aliphatic rings. The zero-order chi connectivity index (χ0) is 23.2. The van der Waals surface area contributed by atoms with Gasteiger partial charge in [-0.2, -0.15) is 22.0 Å². The van der Waals surface area contributed by atoms with Gasteiger partial charge in [-0.15, -0.1) is 0 Å². The Kier molecular flexibility index (Phi) is 7.64. The lowest BCUT2D eigenvalue weighted by molar-refractivity contribution is -0.290. The van der Waals surface area contributed by atoms with E-state index in [4.69, 9.17) is 0 Å². The topological polar surface area (TPSA) is 81.2 Å². The summed E-state index contributed by atoms with van der Waals surface area (Å²) in [5.74, 6) is -5.84. The highest BCUT2D eigenvalue weighted by Crippen LogP contribution is 2.35. The van der Waals surface area contributed by atoms with Gasteiger partial charge in [0.25, 0.3) is 5.91 Å². The van der Waals surface area contributed by atoms with Gasteiger partial charge in [0.05, 0.1) is 0 Å². The Hall–Kier alpha value is -3.11. The van der Waals surface area contributed by atoms with E-state index in [2.05, 4.69) is 20.0 Å². The molecule has 0 aliphatic heterocycles. The SMILES string of the molecule is CCC(=O)Cc1cc(C(=O)NCc2ccc(OCC(F)(F)C(F)(F)F)nc2)cc(C)n1. The van der Waals surface area contributed by atoms with Gasteiger partial charge in [0.2, 0.25) is 5.88 Å². The molecule has 1 amide bonds. The molecule has 0 unspecified atom stereocenters. The largest absolute Gasteiger partial charge is 0.471 e. The number of amides is 1. The quantitative estimate of drug-likeness (QED) is 0.594. The van der Waals surface area contributed by atoms with Gasteiger partial charge in [-0.25, -0.2) is 4.98 Å². The number of aryl methyl sites for hydroxylation is 1. The first-order valence-corrected chi connectivity index (χ1v) is 9.21. The van der Waals surface area contributed by atoms with Crippen LogP contribution in [0.1, 0.15) is 40.7 Å². The van der Waals surface area contributed by atoms with E-state index in [-0.39, 0.29) is 18.7 Å². The lowest BCUT2D eigenvalue weighted by Gasteiger charge is -2.19. The molecule has 11 heteroatoms. The fourth-order valence-corrected chi connectivity index (χ4v) is 2.42. The Morgan fingerprint density at radius 2 is 1.84 bits per heavy atom. The molecule has 2 heterocycles. The zero-order valence-electron chi connectivity index (χ0n) is 16.7. The molecule has 2 aromatic rings. The fraction of sp³-hybridized carbons (Fsp3) is 0.400. The number of halogens is 5. The highest BCUT2D eigenvalue weighted by molar-refractivity contribution is 5.94. The van der Waals surface area contributed by atoms with E-state index in [1.807, 2.05) is 0 Å². The number of rotatable bonds is 9. The summed E-state index contributed by atoms with van der Waals surface area (Å²) >= 11 is 0. The monoisotopic (exact) mass is 445 g/mol. The molecule has 2 aromatic heterocycles. The van der Waals surface area contributed by atoms with Gasteiger partial charge in [-0.3, -0.25) is 14.6 Å². The van der Waals surface area contributed by atoms with E-state index in [0.717, 1.165) is 6.07 Å². The number of alkyl halides is 5. The first kappa shape index (κ1) is 24.2. The third kappa shape index (κ3) is 6.97. The van der Waals surface area contributed by atoms with Crippen molar-refractivity contribution in [1.29, 1.82) is 0 Å². The molecule has 0 saturated heterocycles. The number of nitrogens with zero attached hydrogens (tertiary/aromatic N) is 2. The highest BCUT2D eigenvalue weighted by atomic mass is 19.4. The molecule has 0 spiro atoms. The summed E-state index contributed by atoms with van der Waals surface area (Å²) in [4.78, 5) is 31.9. The van der Waals surface area contributed by atoms with Crippen molar-refractivity contribution in [3.8, 4) is 5.88 Å². The minimum atomic E-state index is -5.72. The van der Waals surface area contributed by atoms with Crippen LogP contribution in [0.3, 0.4) is 0 Å². The Morgan fingerprint density at radius 3 is 2.42 bits per heavy atom. The van der Waals surface area contributed by atoms with Gasteiger partial charge in [-0.05, 0) is 24.6 Å². The average Bonchev–Trinajstić information content (AvgIpc) is 2.69. The molecular formula is C20H20F5N3O3. The van der Waals surface area contributed by atoms with Gasteiger partial charge in [0.1, 0.15) is 5.78 Å². The van der Waals surface area contributed by atoms with Crippen LogP contribution in [0.15, 0.2) is 30.5 Å². The molecule has 0 saturated carbocycles. The van der Waals surface area contributed by atoms with E-state index in [9.17, 15) is 31.5 Å². The summed E-state index contributed by atoms with van der Waals surface area (Å²) in [6.45, 7) is 1.57. The normalized spacial score (nSPS) is 11.8. The van der Waals surface area contributed by atoms with Gasteiger partial charge in [-0.1, -0.05) is 13.0 Å². The molecule has 0 atom stereocenters. The zero-order valence-corrected chi connectivity index (χ0v) is 16.7. The van der Waals surface area contributed by atoms with E-state index < -0.39 is 30.5 Å². The third-order valence-electron chi connectivity index (χ3n) is 4.11. The van der Waals surface area contributed by atoms with Gasteiger partial charge in [0.15, 0.2) is 6.61 Å². The predicted octanol–water partition coefficient (Wildman–Crippen LogP) is 3.81. The minimum absolute atomic E-state index is 0.00848. The summed E-state index contributed by atoms with van der Waals surface area (Å²) in [6, 6.07) is 5.58. The summed E-state index contributed by atoms with van der Waals surface area (Å²) < 4.78 is 66.5. The summed E-state index contributed by atoms with van der Waals surface area (Å²) in [6.07, 6.45) is -4.05. The van der Waals surface area contributed by atoms with Crippen molar-refractivity contribution in [2.45, 2.75) is 45.3 Å². The van der Waals surface area contributed by atoms with Crippen molar-refractivity contribution < 1.29 is 36.3 Å². The van der Waals surface area contributed by atoms with Gasteiger partial charge >= 0.3 is 12.1 Å². The molecule has 0 bridgehead atoms. The summed E-state index contributed by atoms with van der Waals surface area (Å²) in [7, 11) is 0. The van der Waals surface area contributed by atoms with Crippen LogP contribution < -0.4 is 10.1 Å². The van der Waals surface area contributed by atoms with Crippen molar-refractivity contribution in [2.75, 3.05) is 6.61 Å². The Bertz CT molecular complexity index is 931. The molecule has 0 fully saturated rings. The molecule has 2 rings (SSSR count). The second-order valence-electron chi connectivity index (χ2n) is 6.74. The number of hydrogen-bond donors (Lipinski definition) is 1. The smallest absolute Gasteiger partial charge is 0.456 e. The van der Waals surface area contributed by atoms with Crippen molar-refractivity contribution in [2.24, 2.45) is 0 Å². The number of carbonyl (C=O) groups is 2. The Morgan fingerprint density at radius 1 is 1.13 bits per heavy atom. The van der Waals surface area contributed by atoms with E-state index in [0.29, 0.717) is 28.9 Å². The van der Waals surface area contributed by atoms with Crippen molar-refractivity contribution >= 4 is 11.7 Å². The highest BCUT2D eigenvalue weighted by Gasteiger charge is 2.58. The number of carbonyl (C=O) groups excluding carboxylic acids is 2. The van der Waals surface area contributed by atoms with Gasteiger partial charge in [0, 0.05) is 48.6 Å². The number of Topliss-reactive ketones (excluding diaryl/α,β-unsaturated/α-hetero) is 1. The number of pyridine rings is 2. The van der Waals surface area contributed by atoms with E-state index in [1.165, 1.54) is 18.3 Å². The van der Waals surface area contributed by atoms with Crippen LogP contribution in [-0.2, 0) is 17.8 Å². The van der Waals surface area contributed by atoms with Crippen molar-refractivity contribution in [1.82, 2.24) is 15.3 Å². The first-order chi connectivity index (χ1) is 14.4. The Labute approximate surface area is 174 Å².